The van der Waals surface area contributed by atoms with Crippen LogP contribution >= 0.6 is 0 Å². The summed E-state index contributed by atoms with van der Waals surface area (Å²) in [7, 11) is -3.39. The van der Waals surface area contributed by atoms with Crippen LogP contribution in [0.3, 0.4) is 0 Å². The molecule has 1 heterocycles. The largest absolute Gasteiger partial charge is 0.315 e. The van der Waals surface area contributed by atoms with E-state index in [2.05, 4.69) is 17.0 Å². The van der Waals surface area contributed by atoms with E-state index >= 15 is 0 Å². The van der Waals surface area contributed by atoms with Crippen LogP contribution in [0.15, 0.2) is 23.1 Å². The molecule has 2 atom stereocenters. The van der Waals surface area contributed by atoms with Crippen molar-refractivity contribution in [1.82, 2.24) is 10.0 Å². The maximum atomic E-state index is 12.5. The first-order valence-corrected chi connectivity index (χ1v) is 8.88. The van der Waals surface area contributed by atoms with Gasteiger partial charge in [0.25, 0.3) is 0 Å². The Balaban J connectivity index is 1.77. The Hall–Kier alpha value is -0.910. The molecule has 3 rings (SSSR count). The molecule has 2 N–H and O–H groups in total. The van der Waals surface area contributed by atoms with E-state index < -0.39 is 10.0 Å². The molecule has 5 heteroatoms. The Bertz CT molecular complexity index is 598. The van der Waals surface area contributed by atoms with Gasteiger partial charge in [0.15, 0.2) is 0 Å². The Kier molecular flexibility index (Phi) is 3.84. The third-order valence-corrected chi connectivity index (χ3v) is 5.79. The summed E-state index contributed by atoms with van der Waals surface area (Å²) in [6.07, 6.45) is 4.11. The van der Waals surface area contributed by atoms with Gasteiger partial charge >= 0.3 is 0 Å². The maximum Gasteiger partial charge on any atom is 0.240 e. The van der Waals surface area contributed by atoms with Crippen molar-refractivity contribution < 1.29 is 8.42 Å². The van der Waals surface area contributed by atoms with Crippen LogP contribution in [0.2, 0.25) is 0 Å². The summed E-state index contributed by atoms with van der Waals surface area (Å²) < 4.78 is 27.8. The van der Waals surface area contributed by atoms with Crippen LogP contribution in [0.1, 0.15) is 30.9 Å². The highest BCUT2D eigenvalue weighted by molar-refractivity contribution is 7.89. The second-order valence-electron chi connectivity index (χ2n) is 6.10. The molecule has 0 saturated carbocycles. The fourth-order valence-electron chi connectivity index (χ4n) is 3.25. The normalized spacial score (nSPS) is 26.4. The monoisotopic (exact) mass is 294 g/mol. The number of hydrogen-bond acceptors (Lipinski definition) is 3. The average molecular weight is 294 g/mol. The van der Waals surface area contributed by atoms with E-state index in [-0.39, 0.29) is 6.04 Å². The summed E-state index contributed by atoms with van der Waals surface area (Å²) >= 11 is 0. The van der Waals surface area contributed by atoms with E-state index in [1.807, 2.05) is 12.1 Å². The van der Waals surface area contributed by atoms with Gasteiger partial charge in [-0.15, -0.1) is 0 Å². The van der Waals surface area contributed by atoms with Crippen LogP contribution in [0.4, 0.5) is 0 Å². The van der Waals surface area contributed by atoms with Crippen molar-refractivity contribution in [3.63, 3.8) is 0 Å². The fourth-order valence-corrected chi connectivity index (χ4v) is 4.55. The SMILES string of the molecule is CC1CNCC(NS(=O)(=O)c2ccc3c(c2)CCC3)C1. The molecule has 1 aliphatic heterocycles. The van der Waals surface area contributed by atoms with E-state index in [0.29, 0.717) is 17.4 Å². The summed E-state index contributed by atoms with van der Waals surface area (Å²) in [6, 6.07) is 5.56. The molecule has 2 aliphatic rings. The lowest BCUT2D eigenvalue weighted by atomic mass is 9.99. The molecule has 0 radical (unpaired) electrons. The summed E-state index contributed by atoms with van der Waals surface area (Å²) in [5.74, 6) is 0.511. The number of rotatable bonds is 3. The maximum absolute atomic E-state index is 12.5. The standard InChI is InChI=1S/C15H22N2O2S/c1-11-7-14(10-16-9-11)17-20(18,19)15-6-5-12-3-2-4-13(12)8-15/h5-6,8,11,14,16-17H,2-4,7,9-10H2,1H3. The lowest BCUT2D eigenvalue weighted by Gasteiger charge is -2.28. The smallest absolute Gasteiger partial charge is 0.240 e. The average Bonchev–Trinajstić information content (AvgIpc) is 2.85. The second-order valence-corrected chi connectivity index (χ2v) is 7.82. The molecule has 110 valence electrons. The molecule has 1 saturated heterocycles. The van der Waals surface area contributed by atoms with Gasteiger partial charge in [-0.25, -0.2) is 13.1 Å². The molecule has 20 heavy (non-hydrogen) atoms. The number of sulfonamides is 1. The van der Waals surface area contributed by atoms with E-state index in [0.717, 1.165) is 32.2 Å². The molecule has 0 aromatic heterocycles. The zero-order valence-corrected chi connectivity index (χ0v) is 12.7. The van der Waals surface area contributed by atoms with Gasteiger partial charge in [0, 0.05) is 12.6 Å². The number of hydrogen-bond donors (Lipinski definition) is 2. The molecule has 2 unspecified atom stereocenters. The van der Waals surface area contributed by atoms with Gasteiger partial charge in [-0.05, 0) is 61.4 Å². The molecular weight excluding hydrogens is 272 g/mol. The van der Waals surface area contributed by atoms with Crippen molar-refractivity contribution in [3.8, 4) is 0 Å². The third-order valence-electron chi connectivity index (χ3n) is 4.27. The van der Waals surface area contributed by atoms with Crippen LogP contribution in [-0.4, -0.2) is 27.5 Å². The number of benzene rings is 1. The topological polar surface area (TPSA) is 58.2 Å². The lowest BCUT2D eigenvalue weighted by molar-refractivity contribution is 0.346. The summed E-state index contributed by atoms with van der Waals surface area (Å²) in [5.41, 5.74) is 2.50. The van der Waals surface area contributed by atoms with E-state index in [1.165, 1.54) is 11.1 Å². The van der Waals surface area contributed by atoms with Gasteiger partial charge in [-0.2, -0.15) is 0 Å². The zero-order valence-electron chi connectivity index (χ0n) is 11.9. The van der Waals surface area contributed by atoms with Crippen molar-refractivity contribution in [3.05, 3.63) is 29.3 Å². The summed E-state index contributed by atoms with van der Waals surface area (Å²) in [4.78, 5) is 0.413. The van der Waals surface area contributed by atoms with Crippen molar-refractivity contribution >= 4 is 10.0 Å². The third kappa shape index (κ3) is 2.90. The minimum atomic E-state index is -3.39. The van der Waals surface area contributed by atoms with Crippen LogP contribution in [0, 0.1) is 5.92 Å². The van der Waals surface area contributed by atoms with Crippen LogP contribution in [0.25, 0.3) is 0 Å². The van der Waals surface area contributed by atoms with Gasteiger partial charge in [0.05, 0.1) is 4.90 Å². The highest BCUT2D eigenvalue weighted by atomic mass is 32.2. The number of piperidine rings is 1. The Morgan fingerprint density at radius 3 is 2.80 bits per heavy atom. The van der Waals surface area contributed by atoms with Crippen LogP contribution in [-0.2, 0) is 22.9 Å². The van der Waals surface area contributed by atoms with E-state index in [4.69, 9.17) is 0 Å². The van der Waals surface area contributed by atoms with Crippen molar-refractivity contribution in [2.24, 2.45) is 5.92 Å². The zero-order chi connectivity index (χ0) is 14.2. The van der Waals surface area contributed by atoms with Crippen LogP contribution in [0.5, 0.6) is 0 Å². The first kappa shape index (κ1) is 14.0. The van der Waals surface area contributed by atoms with E-state index in [1.54, 1.807) is 6.07 Å². The van der Waals surface area contributed by atoms with E-state index in [9.17, 15) is 8.42 Å². The quantitative estimate of drug-likeness (QED) is 0.887. The van der Waals surface area contributed by atoms with Crippen LogP contribution < -0.4 is 10.0 Å². The summed E-state index contributed by atoms with van der Waals surface area (Å²) in [5, 5.41) is 3.27. The molecule has 0 spiro atoms. The highest BCUT2D eigenvalue weighted by Crippen LogP contribution is 2.25. The predicted octanol–water partition coefficient (Wildman–Crippen LogP) is 1.45. The molecular formula is C15H22N2O2S. The first-order chi connectivity index (χ1) is 9.54. The number of nitrogens with one attached hydrogen (secondary N) is 2. The molecule has 0 amide bonds. The van der Waals surface area contributed by atoms with Crippen molar-refractivity contribution in [2.45, 2.75) is 43.5 Å². The predicted molar refractivity (Wildman–Crippen MR) is 79.2 cm³/mol. The highest BCUT2D eigenvalue weighted by Gasteiger charge is 2.25. The molecule has 1 aromatic rings. The molecule has 0 bridgehead atoms. The first-order valence-electron chi connectivity index (χ1n) is 7.39. The number of fused-ring (bicyclic) bond motifs is 1. The van der Waals surface area contributed by atoms with Crippen molar-refractivity contribution in [2.75, 3.05) is 13.1 Å². The van der Waals surface area contributed by atoms with Gasteiger partial charge in [0.1, 0.15) is 0 Å². The van der Waals surface area contributed by atoms with Gasteiger partial charge in [-0.3, -0.25) is 0 Å². The summed E-state index contributed by atoms with van der Waals surface area (Å²) in [6.45, 7) is 3.83. The molecule has 1 aliphatic carbocycles. The lowest BCUT2D eigenvalue weighted by Crippen LogP contribution is -2.48. The fraction of sp³-hybridized carbons (Fsp3) is 0.600. The number of aryl methyl sites for hydroxylation is 2. The van der Waals surface area contributed by atoms with Gasteiger partial charge in [-0.1, -0.05) is 13.0 Å². The Labute approximate surface area is 121 Å². The van der Waals surface area contributed by atoms with Gasteiger partial charge in [0.2, 0.25) is 10.0 Å². The van der Waals surface area contributed by atoms with Crippen molar-refractivity contribution in [1.29, 1.82) is 0 Å². The minimum Gasteiger partial charge on any atom is -0.315 e. The second kappa shape index (κ2) is 5.47. The Morgan fingerprint density at radius 1 is 1.20 bits per heavy atom. The molecule has 1 fully saturated rings. The Morgan fingerprint density at radius 2 is 2.00 bits per heavy atom. The van der Waals surface area contributed by atoms with Gasteiger partial charge < -0.3 is 5.32 Å². The molecule has 4 nitrogen and oxygen atoms in total. The minimum absolute atomic E-state index is 0.00277. The molecule has 1 aromatic carbocycles.